The van der Waals surface area contributed by atoms with Crippen LogP contribution >= 0.6 is 24.0 Å². The molecule has 0 radical (unpaired) electrons. The van der Waals surface area contributed by atoms with E-state index in [1.165, 1.54) is 0 Å². The SMILES string of the molecule is CCN1CCN(CC(C)CN=C(N)N2CCN(C(=O)OC(C)(C)C)CC2)CC1.I. The van der Waals surface area contributed by atoms with Crippen LogP contribution in [-0.4, -0.2) is 109 Å². The maximum Gasteiger partial charge on any atom is 0.410 e. The highest BCUT2D eigenvalue weighted by molar-refractivity contribution is 14.0. The zero-order chi connectivity index (χ0) is 20.7. The van der Waals surface area contributed by atoms with E-state index in [1.807, 2.05) is 20.8 Å². The van der Waals surface area contributed by atoms with Gasteiger partial charge in [0.1, 0.15) is 5.60 Å². The molecule has 1 amide bonds. The first-order valence-electron chi connectivity index (χ1n) is 10.7. The van der Waals surface area contributed by atoms with E-state index in [4.69, 9.17) is 10.5 Å². The average Bonchev–Trinajstić information content (AvgIpc) is 2.65. The predicted octanol–water partition coefficient (Wildman–Crippen LogP) is 1.75. The van der Waals surface area contributed by atoms with Gasteiger partial charge in [0.15, 0.2) is 5.96 Å². The summed E-state index contributed by atoms with van der Waals surface area (Å²) in [5.41, 5.74) is 5.75. The van der Waals surface area contributed by atoms with E-state index in [0.717, 1.165) is 45.8 Å². The Morgan fingerprint density at radius 1 is 1.00 bits per heavy atom. The van der Waals surface area contributed by atoms with Crippen molar-refractivity contribution in [2.24, 2.45) is 16.6 Å². The predicted molar refractivity (Wildman–Crippen MR) is 129 cm³/mol. The molecule has 2 saturated heterocycles. The first-order valence-corrected chi connectivity index (χ1v) is 10.7. The van der Waals surface area contributed by atoms with Crippen LogP contribution in [-0.2, 0) is 4.74 Å². The number of carbonyl (C=O) groups excluding carboxylic acids is 1. The van der Waals surface area contributed by atoms with Crippen LogP contribution in [0.2, 0.25) is 0 Å². The molecule has 2 rings (SSSR count). The third kappa shape index (κ3) is 9.25. The number of amides is 1. The van der Waals surface area contributed by atoms with E-state index in [-0.39, 0.29) is 30.1 Å². The number of nitrogens with zero attached hydrogens (tertiary/aromatic N) is 5. The summed E-state index contributed by atoms with van der Waals surface area (Å²) in [6, 6.07) is 0. The van der Waals surface area contributed by atoms with Crippen molar-refractivity contribution >= 4 is 36.0 Å². The van der Waals surface area contributed by atoms with Crippen LogP contribution in [0.3, 0.4) is 0 Å². The summed E-state index contributed by atoms with van der Waals surface area (Å²) in [4.78, 5) is 25.6. The lowest BCUT2D eigenvalue weighted by atomic mass is 10.1. The Bertz CT molecular complexity index is 524. The van der Waals surface area contributed by atoms with Crippen LogP contribution in [0.15, 0.2) is 4.99 Å². The molecule has 2 heterocycles. The minimum atomic E-state index is -0.464. The number of carbonyl (C=O) groups is 1. The lowest BCUT2D eigenvalue weighted by Gasteiger charge is -2.36. The lowest BCUT2D eigenvalue weighted by Crippen LogP contribution is -2.53. The molecule has 9 heteroatoms. The molecule has 29 heavy (non-hydrogen) atoms. The zero-order valence-electron chi connectivity index (χ0n) is 18.9. The molecule has 0 bridgehead atoms. The Morgan fingerprint density at radius 3 is 2.03 bits per heavy atom. The molecule has 1 atom stereocenters. The minimum absolute atomic E-state index is 0. The molecule has 0 aromatic rings. The van der Waals surface area contributed by atoms with Crippen molar-refractivity contribution in [3.05, 3.63) is 0 Å². The van der Waals surface area contributed by atoms with Crippen LogP contribution in [0.4, 0.5) is 4.79 Å². The van der Waals surface area contributed by atoms with Gasteiger partial charge in [-0.2, -0.15) is 0 Å². The molecule has 2 aliphatic rings. The topological polar surface area (TPSA) is 77.6 Å². The first kappa shape index (κ1) is 26.2. The number of ether oxygens (including phenoxy) is 1. The number of guanidine groups is 1. The highest BCUT2D eigenvalue weighted by Gasteiger charge is 2.26. The van der Waals surface area contributed by atoms with Crippen molar-refractivity contribution in [2.45, 2.75) is 40.2 Å². The molecule has 8 nitrogen and oxygen atoms in total. The fraction of sp³-hybridized carbons (Fsp3) is 0.900. The van der Waals surface area contributed by atoms with Gasteiger partial charge in [0.05, 0.1) is 0 Å². The zero-order valence-corrected chi connectivity index (χ0v) is 21.2. The molecule has 0 aromatic heterocycles. The van der Waals surface area contributed by atoms with Gasteiger partial charge in [-0.15, -0.1) is 24.0 Å². The van der Waals surface area contributed by atoms with Crippen molar-refractivity contribution in [1.82, 2.24) is 19.6 Å². The third-order valence-corrected chi connectivity index (χ3v) is 5.30. The van der Waals surface area contributed by atoms with Crippen molar-refractivity contribution < 1.29 is 9.53 Å². The first-order chi connectivity index (χ1) is 13.2. The largest absolute Gasteiger partial charge is 0.444 e. The van der Waals surface area contributed by atoms with E-state index >= 15 is 0 Å². The molecule has 2 N–H and O–H groups in total. The third-order valence-electron chi connectivity index (χ3n) is 5.30. The summed E-state index contributed by atoms with van der Waals surface area (Å²) in [6.45, 7) is 20.3. The van der Waals surface area contributed by atoms with Gasteiger partial charge in [0.25, 0.3) is 0 Å². The van der Waals surface area contributed by atoms with Gasteiger partial charge < -0.3 is 30.1 Å². The van der Waals surface area contributed by atoms with Crippen LogP contribution in [0.25, 0.3) is 0 Å². The van der Waals surface area contributed by atoms with Crippen molar-refractivity contribution in [3.8, 4) is 0 Å². The van der Waals surface area contributed by atoms with Crippen molar-refractivity contribution in [2.75, 3.05) is 72.0 Å². The molecule has 170 valence electrons. The number of rotatable bonds is 5. The van der Waals surface area contributed by atoms with Crippen LogP contribution < -0.4 is 5.73 Å². The average molecular weight is 524 g/mol. The number of hydrogen-bond donors (Lipinski definition) is 1. The van der Waals surface area contributed by atoms with E-state index < -0.39 is 5.60 Å². The highest BCUT2D eigenvalue weighted by atomic mass is 127. The van der Waals surface area contributed by atoms with Gasteiger partial charge in [-0.25, -0.2) is 4.79 Å². The molecule has 0 aromatic carbocycles. The Hall–Kier alpha value is -0.810. The Labute approximate surface area is 193 Å². The Balaban J connectivity index is 0.00000420. The standard InChI is InChI=1S/C20H40N6O2.HI/c1-6-23-7-9-24(10-8-23)16-17(2)15-22-18(21)25-11-13-26(14-12-25)19(27)28-20(3,4)5;/h17H,6-16H2,1-5H3,(H2,21,22);1H. The van der Waals surface area contributed by atoms with Crippen LogP contribution in [0, 0.1) is 5.92 Å². The van der Waals surface area contributed by atoms with Crippen LogP contribution in [0.1, 0.15) is 34.6 Å². The van der Waals surface area contributed by atoms with E-state index in [2.05, 4.69) is 33.5 Å². The molecule has 0 spiro atoms. The van der Waals surface area contributed by atoms with Gasteiger partial charge >= 0.3 is 6.09 Å². The molecular formula is C20H41IN6O2. The van der Waals surface area contributed by atoms with Crippen molar-refractivity contribution in [1.29, 1.82) is 0 Å². The van der Waals surface area contributed by atoms with Crippen LogP contribution in [0.5, 0.6) is 0 Å². The highest BCUT2D eigenvalue weighted by Crippen LogP contribution is 2.12. The molecule has 2 aliphatic heterocycles. The van der Waals surface area contributed by atoms with Crippen molar-refractivity contribution in [3.63, 3.8) is 0 Å². The summed E-state index contributed by atoms with van der Waals surface area (Å²) in [6.07, 6.45) is -0.251. The summed E-state index contributed by atoms with van der Waals surface area (Å²) in [7, 11) is 0. The van der Waals surface area contributed by atoms with Gasteiger partial charge in [0, 0.05) is 65.4 Å². The summed E-state index contributed by atoms with van der Waals surface area (Å²) < 4.78 is 5.44. The number of aliphatic imine (C=N–C) groups is 1. The second-order valence-corrected chi connectivity index (χ2v) is 8.99. The van der Waals surface area contributed by atoms with Gasteiger partial charge in [-0.3, -0.25) is 4.99 Å². The fourth-order valence-corrected chi connectivity index (χ4v) is 3.58. The smallest absolute Gasteiger partial charge is 0.410 e. The summed E-state index contributed by atoms with van der Waals surface area (Å²) in [5, 5.41) is 0. The van der Waals surface area contributed by atoms with E-state index in [1.54, 1.807) is 4.90 Å². The maximum absolute atomic E-state index is 12.2. The lowest BCUT2D eigenvalue weighted by molar-refractivity contribution is 0.0186. The second kappa shape index (κ2) is 12.1. The minimum Gasteiger partial charge on any atom is -0.444 e. The number of hydrogen-bond acceptors (Lipinski definition) is 5. The number of nitrogens with two attached hydrogens (primary N) is 1. The van der Waals surface area contributed by atoms with E-state index in [9.17, 15) is 4.79 Å². The van der Waals surface area contributed by atoms with Gasteiger partial charge in [0.2, 0.25) is 0 Å². The fourth-order valence-electron chi connectivity index (χ4n) is 3.58. The maximum atomic E-state index is 12.2. The van der Waals surface area contributed by atoms with Gasteiger partial charge in [-0.05, 0) is 33.2 Å². The van der Waals surface area contributed by atoms with Gasteiger partial charge in [-0.1, -0.05) is 13.8 Å². The molecule has 2 fully saturated rings. The number of likely N-dealkylation sites (N-methyl/N-ethyl adjacent to an activating group) is 1. The quantitative estimate of drug-likeness (QED) is 0.336. The second-order valence-electron chi connectivity index (χ2n) is 8.99. The molecule has 0 aliphatic carbocycles. The number of halogens is 1. The molecule has 0 saturated carbocycles. The monoisotopic (exact) mass is 524 g/mol. The summed E-state index contributed by atoms with van der Waals surface area (Å²) in [5.74, 6) is 1.07. The summed E-state index contributed by atoms with van der Waals surface area (Å²) >= 11 is 0. The Morgan fingerprint density at radius 2 is 1.52 bits per heavy atom. The number of piperazine rings is 2. The normalized spacial score (nSPS) is 20.9. The molecular weight excluding hydrogens is 483 g/mol. The molecule has 1 unspecified atom stereocenters. The van der Waals surface area contributed by atoms with E-state index in [0.29, 0.717) is 38.1 Å². The Kier molecular flexibility index (Phi) is 11.0.